The van der Waals surface area contributed by atoms with Gasteiger partial charge in [-0.2, -0.15) is 23.4 Å². The number of carbonyl (C=O) groups is 1. The summed E-state index contributed by atoms with van der Waals surface area (Å²) in [5.74, 6) is -0.461. The molecule has 0 bridgehead atoms. The van der Waals surface area contributed by atoms with E-state index in [0.29, 0.717) is 11.1 Å². The van der Waals surface area contributed by atoms with Crippen molar-refractivity contribution in [1.29, 1.82) is 0 Å². The molecule has 0 spiro atoms. The summed E-state index contributed by atoms with van der Waals surface area (Å²) >= 11 is 0. The summed E-state index contributed by atoms with van der Waals surface area (Å²) in [6.45, 7) is 0.675. The van der Waals surface area contributed by atoms with Gasteiger partial charge in [0, 0.05) is 12.4 Å². The van der Waals surface area contributed by atoms with Crippen LogP contribution in [0.15, 0.2) is 36.9 Å². The van der Waals surface area contributed by atoms with E-state index in [-0.39, 0.29) is 5.69 Å². The lowest BCUT2D eigenvalue weighted by Crippen LogP contribution is -2.18. The third-order valence-electron chi connectivity index (χ3n) is 3.15. The number of aromatic nitrogens is 4. The number of nitrogens with zero attached hydrogens (tertiary/aromatic N) is 4. The molecular formula is C14H12F3N5O. The van der Waals surface area contributed by atoms with Crippen molar-refractivity contribution in [2.24, 2.45) is 0 Å². The molecule has 1 amide bonds. The Labute approximate surface area is 128 Å². The van der Waals surface area contributed by atoms with Crippen molar-refractivity contribution < 1.29 is 18.0 Å². The van der Waals surface area contributed by atoms with Crippen LogP contribution in [-0.4, -0.2) is 31.5 Å². The van der Waals surface area contributed by atoms with Crippen LogP contribution < -0.4 is 5.32 Å². The predicted molar refractivity (Wildman–Crippen MR) is 76.2 cm³/mol. The average Bonchev–Trinajstić information content (AvgIpc) is 3.03. The first-order valence-electron chi connectivity index (χ1n) is 6.66. The number of aryl methyl sites for hydroxylation is 1. The van der Waals surface area contributed by atoms with Crippen molar-refractivity contribution in [3.05, 3.63) is 48.0 Å². The maximum absolute atomic E-state index is 12.3. The number of anilines is 1. The van der Waals surface area contributed by atoms with E-state index in [1.165, 1.54) is 12.4 Å². The standard InChI is InChI=1S/C14H12F3N5O/c1-9-2-3-22-12(4-9)11(6-19-22)13(23)20-10-5-18-21(7-10)8-14(15,16)17/h2-7H,8H2,1H3,(H,20,23). The lowest BCUT2D eigenvalue weighted by Gasteiger charge is -2.05. The zero-order valence-corrected chi connectivity index (χ0v) is 12.0. The summed E-state index contributed by atoms with van der Waals surface area (Å²) in [6, 6.07) is 3.65. The van der Waals surface area contributed by atoms with Crippen LogP contribution in [0.5, 0.6) is 0 Å². The highest BCUT2D eigenvalue weighted by atomic mass is 19.4. The van der Waals surface area contributed by atoms with Gasteiger partial charge in [0.1, 0.15) is 6.54 Å². The molecule has 9 heteroatoms. The number of rotatable bonds is 3. The summed E-state index contributed by atoms with van der Waals surface area (Å²) in [6.07, 6.45) is 1.06. The summed E-state index contributed by atoms with van der Waals surface area (Å²) in [5.41, 5.74) is 2.10. The van der Waals surface area contributed by atoms with E-state index in [1.54, 1.807) is 16.8 Å². The molecule has 3 heterocycles. The second kappa shape index (κ2) is 5.41. The Hall–Kier alpha value is -2.84. The Morgan fingerprint density at radius 1 is 1.30 bits per heavy atom. The van der Waals surface area contributed by atoms with Crippen LogP contribution in [0.1, 0.15) is 15.9 Å². The fourth-order valence-electron chi connectivity index (χ4n) is 2.16. The number of carbonyl (C=O) groups excluding carboxylic acids is 1. The van der Waals surface area contributed by atoms with Gasteiger partial charge in [0.05, 0.1) is 29.2 Å². The Morgan fingerprint density at radius 3 is 2.83 bits per heavy atom. The van der Waals surface area contributed by atoms with Crippen molar-refractivity contribution in [2.45, 2.75) is 19.6 Å². The van der Waals surface area contributed by atoms with E-state index < -0.39 is 18.6 Å². The van der Waals surface area contributed by atoms with Crippen molar-refractivity contribution >= 4 is 17.1 Å². The van der Waals surface area contributed by atoms with E-state index in [2.05, 4.69) is 15.5 Å². The minimum Gasteiger partial charge on any atom is -0.319 e. The second-order valence-corrected chi connectivity index (χ2v) is 5.09. The average molecular weight is 323 g/mol. The summed E-state index contributed by atoms with van der Waals surface area (Å²) in [5, 5.41) is 10.2. The molecule has 0 saturated heterocycles. The first-order chi connectivity index (χ1) is 10.8. The molecule has 0 saturated carbocycles. The maximum Gasteiger partial charge on any atom is 0.408 e. The molecule has 6 nitrogen and oxygen atoms in total. The second-order valence-electron chi connectivity index (χ2n) is 5.09. The van der Waals surface area contributed by atoms with Gasteiger partial charge in [0.2, 0.25) is 0 Å². The van der Waals surface area contributed by atoms with Crippen molar-refractivity contribution in [3.8, 4) is 0 Å². The number of nitrogens with one attached hydrogen (secondary N) is 1. The third kappa shape index (κ3) is 3.33. The molecule has 0 aliphatic heterocycles. The number of alkyl halides is 3. The normalized spacial score (nSPS) is 11.8. The van der Waals surface area contributed by atoms with Crippen LogP contribution in [0, 0.1) is 6.92 Å². The number of hydrogen-bond donors (Lipinski definition) is 1. The topological polar surface area (TPSA) is 64.2 Å². The first-order valence-corrected chi connectivity index (χ1v) is 6.66. The van der Waals surface area contributed by atoms with Gasteiger partial charge in [-0.3, -0.25) is 9.48 Å². The molecule has 120 valence electrons. The Kier molecular flexibility index (Phi) is 3.55. The summed E-state index contributed by atoms with van der Waals surface area (Å²) < 4.78 is 39.1. The first kappa shape index (κ1) is 15.1. The molecule has 0 atom stereocenters. The van der Waals surface area contributed by atoms with Crippen molar-refractivity contribution in [1.82, 2.24) is 19.4 Å². The van der Waals surface area contributed by atoms with E-state index in [9.17, 15) is 18.0 Å². The van der Waals surface area contributed by atoms with E-state index in [4.69, 9.17) is 0 Å². The zero-order chi connectivity index (χ0) is 16.6. The van der Waals surface area contributed by atoms with Gasteiger partial charge in [0.25, 0.3) is 5.91 Å². The molecule has 3 rings (SSSR count). The number of amides is 1. The highest BCUT2D eigenvalue weighted by Gasteiger charge is 2.28. The molecule has 3 aromatic heterocycles. The molecule has 0 fully saturated rings. The maximum atomic E-state index is 12.3. The van der Waals surface area contributed by atoms with Crippen LogP contribution in [0.25, 0.3) is 5.52 Å². The molecule has 23 heavy (non-hydrogen) atoms. The van der Waals surface area contributed by atoms with Crippen LogP contribution >= 0.6 is 0 Å². The number of halogens is 3. The molecular weight excluding hydrogens is 311 g/mol. The molecule has 1 N–H and O–H groups in total. The molecule has 0 aliphatic rings. The van der Waals surface area contributed by atoms with Crippen LogP contribution in [0.4, 0.5) is 18.9 Å². The molecule has 0 aliphatic carbocycles. The Morgan fingerprint density at radius 2 is 2.09 bits per heavy atom. The number of hydrogen-bond acceptors (Lipinski definition) is 3. The fraction of sp³-hybridized carbons (Fsp3) is 0.214. The van der Waals surface area contributed by atoms with E-state index >= 15 is 0 Å². The van der Waals surface area contributed by atoms with Crippen molar-refractivity contribution in [2.75, 3.05) is 5.32 Å². The van der Waals surface area contributed by atoms with Gasteiger partial charge < -0.3 is 5.32 Å². The Balaban J connectivity index is 1.80. The fourth-order valence-corrected chi connectivity index (χ4v) is 2.16. The molecule has 0 aromatic carbocycles. The highest BCUT2D eigenvalue weighted by Crippen LogP contribution is 2.19. The summed E-state index contributed by atoms with van der Waals surface area (Å²) in [7, 11) is 0. The molecule has 3 aromatic rings. The summed E-state index contributed by atoms with van der Waals surface area (Å²) in [4.78, 5) is 12.3. The lowest BCUT2D eigenvalue weighted by atomic mass is 10.2. The van der Waals surface area contributed by atoms with Gasteiger partial charge in [-0.25, -0.2) is 4.52 Å². The predicted octanol–water partition coefficient (Wildman–Crippen LogP) is 2.65. The monoisotopic (exact) mass is 323 g/mol. The van der Waals surface area contributed by atoms with Gasteiger partial charge >= 0.3 is 6.18 Å². The number of fused-ring (bicyclic) bond motifs is 1. The minimum atomic E-state index is -4.37. The van der Waals surface area contributed by atoms with Crippen LogP contribution in [0.3, 0.4) is 0 Å². The van der Waals surface area contributed by atoms with Gasteiger partial charge in [0.15, 0.2) is 0 Å². The van der Waals surface area contributed by atoms with Gasteiger partial charge in [-0.05, 0) is 24.6 Å². The minimum absolute atomic E-state index is 0.186. The van der Waals surface area contributed by atoms with E-state index in [0.717, 1.165) is 16.4 Å². The van der Waals surface area contributed by atoms with E-state index in [1.807, 2.05) is 13.0 Å². The SMILES string of the molecule is Cc1ccn2ncc(C(=O)Nc3cnn(CC(F)(F)F)c3)c2c1. The number of pyridine rings is 1. The third-order valence-corrected chi connectivity index (χ3v) is 3.15. The molecule has 0 radical (unpaired) electrons. The van der Waals surface area contributed by atoms with Gasteiger partial charge in [-0.1, -0.05) is 0 Å². The lowest BCUT2D eigenvalue weighted by molar-refractivity contribution is -0.142. The molecule has 0 unspecified atom stereocenters. The van der Waals surface area contributed by atoms with Gasteiger partial charge in [-0.15, -0.1) is 0 Å². The largest absolute Gasteiger partial charge is 0.408 e. The van der Waals surface area contributed by atoms with Crippen LogP contribution in [0.2, 0.25) is 0 Å². The smallest absolute Gasteiger partial charge is 0.319 e. The highest BCUT2D eigenvalue weighted by molar-refractivity contribution is 6.08. The Bertz CT molecular complexity index is 865. The zero-order valence-electron chi connectivity index (χ0n) is 12.0. The van der Waals surface area contributed by atoms with Crippen LogP contribution in [-0.2, 0) is 6.54 Å². The quantitative estimate of drug-likeness (QED) is 0.806. The van der Waals surface area contributed by atoms with Crippen molar-refractivity contribution in [3.63, 3.8) is 0 Å².